The van der Waals surface area contributed by atoms with Crippen LogP contribution in [0.4, 0.5) is 4.79 Å². The van der Waals surface area contributed by atoms with Crippen LogP contribution >= 0.6 is 0 Å². The highest BCUT2D eigenvalue weighted by atomic mass is 16.6. The maximum Gasteiger partial charge on any atom is 0.407 e. The lowest BCUT2D eigenvalue weighted by Gasteiger charge is -2.23. The number of alkyl carbamates (subject to hydrolysis) is 1. The molecule has 2 N–H and O–H groups in total. The quantitative estimate of drug-likeness (QED) is 0.738. The van der Waals surface area contributed by atoms with Gasteiger partial charge in [-0.25, -0.2) is 4.79 Å². The first-order valence-corrected chi connectivity index (χ1v) is 5.59. The first-order valence-electron chi connectivity index (χ1n) is 5.59. The van der Waals surface area contributed by atoms with Gasteiger partial charge in [0.2, 0.25) is 0 Å². The molecular formula is C11H24N2O2. The first-order chi connectivity index (χ1) is 6.89. The summed E-state index contributed by atoms with van der Waals surface area (Å²) < 4.78 is 5.17. The zero-order chi connectivity index (χ0) is 11.9. The van der Waals surface area contributed by atoms with Crippen LogP contribution in [0.5, 0.6) is 0 Å². The Hall–Kier alpha value is -0.770. The van der Waals surface area contributed by atoms with Crippen molar-refractivity contribution in [1.82, 2.24) is 10.6 Å². The summed E-state index contributed by atoms with van der Waals surface area (Å²) in [5, 5.41) is 6.03. The Bertz CT molecular complexity index is 188. The van der Waals surface area contributed by atoms with Crippen molar-refractivity contribution < 1.29 is 9.53 Å². The SMILES string of the molecule is CCNC[C@@H](CC)NC(=O)OC(C)(C)C. The van der Waals surface area contributed by atoms with Crippen molar-refractivity contribution in [3.63, 3.8) is 0 Å². The molecule has 15 heavy (non-hydrogen) atoms. The molecule has 0 aromatic carbocycles. The number of hydrogen-bond donors (Lipinski definition) is 2. The number of nitrogens with one attached hydrogen (secondary N) is 2. The second-order valence-electron chi connectivity index (χ2n) is 4.56. The summed E-state index contributed by atoms with van der Waals surface area (Å²) in [4.78, 5) is 11.4. The number of likely N-dealkylation sites (N-methyl/N-ethyl adjacent to an activating group) is 1. The summed E-state index contributed by atoms with van der Waals surface area (Å²) in [7, 11) is 0. The minimum Gasteiger partial charge on any atom is -0.444 e. The lowest BCUT2D eigenvalue weighted by molar-refractivity contribution is 0.0503. The smallest absolute Gasteiger partial charge is 0.407 e. The zero-order valence-corrected chi connectivity index (χ0v) is 10.5. The van der Waals surface area contributed by atoms with Crippen LogP contribution in [0.2, 0.25) is 0 Å². The van der Waals surface area contributed by atoms with Crippen molar-refractivity contribution >= 4 is 6.09 Å². The number of carbonyl (C=O) groups is 1. The number of rotatable bonds is 5. The second kappa shape index (κ2) is 6.67. The van der Waals surface area contributed by atoms with Crippen molar-refractivity contribution in [1.29, 1.82) is 0 Å². The molecule has 90 valence electrons. The van der Waals surface area contributed by atoms with E-state index in [4.69, 9.17) is 4.74 Å². The molecule has 0 aromatic rings. The number of amides is 1. The number of hydrogen-bond acceptors (Lipinski definition) is 3. The topological polar surface area (TPSA) is 50.4 Å². The zero-order valence-electron chi connectivity index (χ0n) is 10.5. The predicted octanol–water partition coefficient (Wildman–Crippen LogP) is 1.90. The Labute approximate surface area is 92.8 Å². The third-order valence-electron chi connectivity index (χ3n) is 1.85. The third-order valence-corrected chi connectivity index (χ3v) is 1.85. The van der Waals surface area contributed by atoms with E-state index in [1.807, 2.05) is 34.6 Å². The molecule has 0 saturated heterocycles. The Balaban J connectivity index is 3.91. The summed E-state index contributed by atoms with van der Waals surface area (Å²) in [6.07, 6.45) is 0.555. The number of ether oxygens (including phenoxy) is 1. The molecule has 0 aliphatic rings. The normalized spacial score (nSPS) is 13.4. The van der Waals surface area contributed by atoms with Crippen molar-refractivity contribution in [2.45, 2.75) is 52.7 Å². The summed E-state index contributed by atoms with van der Waals surface area (Å²) in [5.74, 6) is 0. The fourth-order valence-electron chi connectivity index (χ4n) is 1.09. The van der Waals surface area contributed by atoms with Crippen molar-refractivity contribution in [3.05, 3.63) is 0 Å². The fourth-order valence-corrected chi connectivity index (χ4v) is 1.09. The van der Waals surface area contributed by atoms with Gasteiger partial charge in [0.15, 0.2) is 0 Å². The van der Waals surface area contributed by atoms with E-state index in [1.165, 1.54) is 0 Å². The van der Waals surface area contributed by atoms with Gasteiger partial charge in [-0.3, -0.25) is 0 Å². The largest absolute Gasteiger partial charge is 0.444 e. The average Bonchev–Trinajstić information content (AvgIpc) is 2.09. The van der Waals surface area contributed by atoms with Crippen LogP contribution in [0.1, 0.15) is 41.0 Å². The van der Waals surface area contributed by atoms with Gasteiger partial charge in [-0.2, -0.15) is 0 Å². The van der Waals surface area contributed by atoms with E-state index in [0.717, 1.165) is 19.5 Å². The molecule has 0 unspecified atom stereocenters. The van der Waals surface area contributed by atoms with E-state index in [-0.39, 0.29) is 12.1 Å². The lowest BCUT2D eigenvalue weighted by atomic mass is 10.2. The van der Waals surface area contributed by atoms with Gasteiger partial charge in [0, 0.05) is 12.6 Å². The summed E-state index contributed by atoms with van der Waals surface area (Å²) >= 11 is 0. The molecule has 0 aliphatic heterocycles. The van der Waals surface area contributed by atoms with Crippen LogP contribution < -0.4 is 10.6 Å². The molecule has 0 aromatic heterocycles. The van der Waals surface area contributed by atoms with Crippen molar-refractivity contribution in [3.8, 4) is 0 Å². The predicted molar refractivity (Wildman–Crippen MR) is 62.0 cm³/mol. The van der Waals surface area contributed by atoms with E-state index in [1.54, 1.807) is 0 Å². The van der Waals surface area contributed by atoms with Gasteiger partial charge in [-0.1, -0.05) is 13.8 Å². The third kappa shape index (κ3) is 8.24. The van der Waals surface area contributed by atoms with Gasteiger partial charge in [-0.15, -0.1) is 0 Å². The van der Waals surface area contributed by atoms with Gasteiger partial charge in [0.1, 0.15) is 5.60 Å². The van der Waals surface area contributed by atoms with Crippen LogP contribution in [-0.4, -0.2) is 30.8 Å². The highest BCUT2D eigenvalue weighted by Gasteiger charge is 2.18. The summed E-state index contributed by atoms with van der Waals surface area (Å²) in [6, 6.07) is 0.139. The molecular weight excluding hydrogens is 192 g/mol. The first kappa shape index (κ1) is 14.2. The van der Waals surface area contributed by atoms with Gasteiger partial charge in [0.05, 0.1) is 0 Å². The molecule has 0 aliphatic carbocycles. The minimum atomic E-state index is -0.430. The van der Waals surface area contributed by atoms with Crippen LogP contribution in [0.15, 0.2) is 0 Å². The monoisotopic (exact) mass is 216 g/mol. The Kier molecular flexibility index (Phi) is 6.32. The van der Waals surface area contributed by atoms with Crippen LogP contribution in [0, 0.1) is 0 Å². The van der Waals surface area contributed by atoms with Crippen molar-refractivity contribution in [2.24, 2.45) is 0 Å². The standard InChI is InChI=1S/C11H24N2O2/c1-6-9(8-12-7-2)13-10(14)15-11(3,4)5/h9,12H,6-8H2,1-5H3,(H,13,14)/t9-/m1/s1. The van der Waals surface area contributed by atoms with E-state index in [2.05, 4.69) is 10.6 Å². The van der Waals surface area contributed by atoms with E-state index in [9.17, 15) is 4.79 Å². The van der Waals surface area contributed by atoms with Crippen LogP contribution in [0.3, 0.4) is 0 Å². The van der Waals surface area contributed by atoms with Crippen LogP contribution in [-0.2, 0) is 4.74 Å². The molecule has 0 radical (unpaired) electrons. The Morgan fingerprint density at radius 2 is 1.93 bits per heavy atom. The van der Waals surface area contributed by atoms with Crippen LogP contribution in [0.25, 0.3) is 0 Å². The Morgan fingerprint density at radius 3 is 2.33 bits per heavy atom. The van der Waals surface area contributed by atoms with E-state index >= 15 is 0 Å². The maximum absolute atomic E-state index is 11.4. The van der Waals surface area contributed by atoms with E-state index in [0.29, 0.717) is 0 Å². The van der Waals surface area contributed by atoms with Gasteiger partial charge >= 0.3 is 6.09 Å². The second-order valence-corrected chi connectivity index (χ2v) is 4.56. The fraction of sp³-hybridized carbons (Fsp3) is 0.909. The average molecular weight is 216 g/mol. The molecule has 0 bridgehead atoms. The molecule has 1 atom stereocenters. The molecule has 0 fully saturated rings. The van der Waals surface area contributed by atoms with Gasteiger partial charge < -0.3 is 15.4 Å². The maximum atomic E-state index is 11.4. The van der Waals surface area contributed by atoms with Crippen molar-refractivity contribution in [2.75, 3.05) is 13.1 Å². The molecule has 0 rings (SSSR count). The highest BCUT2D eigenvalue weighted by molar-refractivity contribution is 5.68. The van der Waals surface area contributed by atoms with E-state index < -0.39 is 5.60 Å². The molecule has 0 spiro atoms. The highest BCUT2D eigenvalue weighted by Crippen LogP contribution is 2.06. The van der Waals surface area contributed by atoms with Gasteiger partial charge in [-0.05, 0) is 33.7 Å². The summed E-state index contributed by atoms with van der Waals surface area (Å²) in [6.45, 7) is 11.4. The number of carbonyl (C=O) groups excluding carboxylic acids is 1. The molecule has 0 heterocycles. The Morgan fingerprint density at radius 1 is 1.33 bits per heavy atom. The lowest BCUT2D eigenvalue weighted by Crippen LogP contribution is -2.43. The molecule has 1 amide bonds. The molecule has 4 heteroatoms. The van der Waals surface area contributed by atoms with Gasteiger partial charge in [0.25, 0.3) is 0 Å². The molecule has 4 nitrogen and oxygen atoms in total. The minimum absolute atomic E-state index is 0.139. The summed E-state index contributed by atoms with van der Waals surface area (Å²) in [5.41, 5.74) is -0.430. The molecule has 0 saturated carbocycles.